The minimum absolute atomic E-state index is 0.0991. The molecule has 136 valence electrons. The molecule has 0 aliphatic carbocycles. The molecule has 0 saturated carbocycles. The second-order valence-electron chi connectivity index (χ2n) is 5.53. The Bertz CT molecular complexity index is 1050. The van der Waals surface area contributed by atoms with Crippen LogP contribution in [0.1, 0.15) is 10.1 Å². The van der Waals surface area contributed by atoms with Gasteiger partial charge in [0.25, 0.3) is 0 Å². The first-order valence-corrected chi connectivity index (χ1v) is 11.7. The fourth-order valence-electron chi connectivity index (χ4n) is 2.48. The van der Waals surface area contributed by atoms with E-state index in [1.54, 1.807) is 53.9 Å². The summed E-state index contributed by atoms with van der Waals surface area (Å²) in [6, 6.07) is 19.4. The van der Waals surface area contributed by atoms with Gasteiger partial charge in [-0.15, -0.1) is 11.3 Å². The number of hydrogen-bond acceptors (Lipinski definition) is 5. The van der Waals surface area contributed by atoms with Gasteiger partial charge < -0.3 is 0 Å². The summed E-state index contributed by atoms with van der Waals surface area (Å²) in [5.74, 6) is 0. The van der Waals surface area contributed by atoms with Crippen LogP contribution in [0.5, 0.6) is 0 Å². The average molecular weight is 408 g/mol. The van der Waals surface area contributed by atoms with Gasteiger partial charge in [0.05, 0.1) is 9.79 Å². The Balaban J connectivity index is 1.92. The quantitative estimate of drug-likeness (QED) is 0.652. The maximum Gasteiger partial charge on any atom is 0.240 e. The lowest BCUT2D eigenvalue weighted by Gasteiger charge is -2.17. The third kappa shape index (κ3) is 4.04. The van der Waals surface area contributed by atoms with Crippen molar-refractivity contribution in [2.24, 2.45) is 0 Å². The molecule has 3 aromatic rings. The van der Waals surface area contributed by atoms with Crippen molar-refractivity contribution in [1.82, 2.24) is 4.72 Å². The molecule has 1 heterocycles. The van der Waals surface area contributed by atoms with Gasteiger partial charge in [-0.3, -0.25) is 0 Å². The standard InChI is InChI=1S/C18H17NO4S3/c20-25(21,15-8-3-1-4-9-15)18(17-12-7-13-24-17)14-19-26(22,23)16-10-5-2-6-11-16/h1-13,18-19H,14H2. The highest BCUT2D eigenvalue weighted by Crippen LogP contribution is 2.31. The Morgan fingerprint density at radius 3 is 1.88 bits per heavy atom. The molecule has 5 nitrogen and oxygen atoms in total. The van der Waals surface area contributed by atoms with Crippen molar-refractivity contribution in [2.45, 2.75) is 15.0 Å². The number of hydrogen-bond donors (Lipinski definition) is 1. The summed E-state index contributed by atoms with van der Waals surface area (Å²) in [5.41, 5.74) is 0. The molecule has 1 atom stereocenters. The van der Waals surface area contributed by atoms with E-state index >= 15 is 0 Å². The van der Waals surface area contributed by atoms with E-state index in [4.69, 9.17) is 0 Å². The number of nitrogens with one attached hydrogen (secondary N) is 1. The third-order valence-electron chi connectivity index (χ3n) is 3.82. The Morgan fingerprint density at radius 1 is 0.769 bits per heavy atom. The van der Waals surface area contributed by atoms with Gasteiger partial charge in [0.2, 0.25) is 10.0 Å². The van der Waals surface area contributed by atoms with E-state index in [1.165, 1.54) is 35.6 Å². The number of sulfone groups is 1. The lowest BCUT2D eigenvalue weighted by Crippen LogP contribution is -2.31. The van der Waals surface area contributed by atoms with Crippen LogP contribution < -0.4 is 4.72 Å². The van der Waals surface area contributed by atoms with Crippen molar-refractivity contribution in [2.75, 3.05) is 6.54 Å². The van der Waals surface area contributed by atoms with Crippen LogP contribution in [0.3, 0.4) is 0 Å². The van der Waals surface area contributed by atoms with Gasteiger partial charge in [0.15, 0.2) is 9.84 Å². The fraction of sp³-hybridized carbons (Fsp3) is 0.111. The maximum atomic E-state index is 13.1. The predicted octanol–water partition coefficient (Wildman–Crippen LogP) is 3.24. The molecule has 0 aliphatic heterocycles. The van der Waals surface area contributed by atoms with Crippen LogP contribution in [0.2, 0.25) is 0 Å². The predicted molar refractivity (Wildman–Crippen MR) is 102 cm³/mol. The molecule has 0 saturated heterocycles. The molecule has 2 aromatic carbocycles. The molecule has 8 heteroatoms. The first-order chi connectivity index (χ1) is 12.4. The summed E-state index contributed by atoms with van der Waals surface area (Å²) in [6.07, 6.45) is 0. The summed E-state index contributed by atoms with van der Waals surface area (Å²) in [6.45, 7) is -0.241. The highest BCUT2D eigenvalue weighted by atomic mass is 32.2. The lowest BCUT2D eigenvalue weighted by atomic mass is 10.3. The lowest BCUT2D eigenvalue weighted by molar-refractivity contribution is 0.569. The van der Waals surface area contributed by atoms with E-state index in [1.807, 2.05) is 0 Å². The van der Waals surface area contributed by atoms with Crippen molar-refractivity contribution < 1.29 is 16.8 Å². The zero-order valence-electron chi connectivity index (χ0n) is 13.6. The molecule has 0 bridgehead atoms. The fourth-order valence-corrected chi connectivity index (χ4v) is 6.46. The minimum atomic E-state index is -3.80. The van der Waals surface area contributed by atoms with Gasteiger partial charge in [0.1, 0.15) is 5.25 Å². The Morgan fingerprint density at radius 2 is 1.35 bits per heavy atom. The Hall–Kier alpha value is -2.00. The van der Waals surface area contributed by atoms with Crippen molar-refractivity contribution in [3.05, 3.63) is 83.1 Å². The van der Waals surface area contributed by atoms with Crippen LogP contribution in [-0.2, 0) is 19.9 Å². The van der Waals surface area contributed by atoms with E-state index in [0.717, 1.165) is 0 Å². The first kappa shape index (κ1) is 18.8. The number of sulfonamides is 1. The molecule has 0 spiro atoms. The van der Waals surface area contributed by atoms with Crippen molar-refractivity contribution in [3.8, 4) is 0 Å². The molecular formula is C18H17NO4S3. The molecule has 0 radical (unpaired) electrons. The van der Waals surface area contributed by atoms with Gasteiger partial charge in [-0.25, -0.2) is 21.6 Å². The SMILES string of the molecule is O=S(=O)(NCC(c1cccs1)S(=O)(=O)c1ccccc1)c1ccccc1. The summed E-state index contributed by atoms with van der Waals surface area (Å²) in [4.78, 5) is 0.851. The molecular weight excluding hydrogens is 390 g/mol. The van der Waals surface area contributed by atoms with Crippen LogP contribution >= 0.6 is 11.3 Å². The van der Waals surface area contributed by atoms with Crippen LogP contribution in [-0.4, -0.2) is 23.4 Å². The van der Waals surface area contributed by atoms with E-state index in [2.05, 4.69) is 4.72 Å². The average Bonchev–Trinajstić information content (AvgIpc) is 3.17. The number of thiophene rings is 1. The topological polar surface area (TPSA) is 80.3 Å². The number of benzene rings is 2. The van der Waals surface area contributed by atoms with Gasteiger partial charge in [-0.1, -0.05) is 42.5 Å². The summed E-state index contributed by atoms with van der Waals surface area (Å²) < 4.78 is 53.5. The zero-order chi connectivity index (χ0) is 18.6. The third-order valence-corrected chi connectivity index (χ3v) is 8.49. The molecule has 1 aromatic heterocycles. The van der Waals surface area contributed by atoms with Crippen molar-refractivity contribution >= 4 is 31.2 Å². The second-order valence-corrected chi connectivity index (χ2v) is 10.4. The van der Waals surface area contributed by atoms with E-state index in [0.29, 0.717) is 4.88 Å². The van der Waals surface area contributed by atoms with Gasteiger partial charge in [0, 0.05) is 11.4 Å². The van der Waals surface area contributed by atoms with Crippen molar-refractivity contribution in [3.63, 3.8) is 0 Å². The van der Waals surface area contributed by atoms with Crippen molar-refractivity contribution in [1.29, 1.82) is 0 Å². The largest absolute Gasteiger partial charge is 0.240 e. The highest BCUT2D eigenvalue weighted by Gasteiger charge is 2.31. The Kier molecular flexibility index (Phi) is 5.57. The van der Waals surface area contributed by atoms with Gasteiger partial charge >= 0.3 is 0 Å². The second kappa shape index (κ2) is 7.71. The molecule has 26 heavy (non-hydrogen) atoms. The maximum absolute atomic E-state index is 13.1. The van der Waals surface area contributed by atoms with E-state index in [9.17, 15) is 16.8 Å². The summed E-state index contributed by atoms with van der Waals surface area (Å²) in [5, 5.41) is 0.775. The minimum Gasteiger partial charge on any atom is -0.223 e. The molecule has 0 amide bonds. The monoisotopic (exact) mass is 407 g/mol. The molecule has 0 fully saturated rings. The zero-order valence-corrected chi connectivity index (χ0v) is 16.1. The number of rotatable bonds is 7. The summed E-state index contributed by atoms with van der Waals surface area (Å²) in [7, 11) is -7.54. The highest BCUT2D eigenvalue weighted by molar-refractivity contribution is 7.92. The van der Waals surface area contributed by atoms with Crippen LogP contribution in [0, 0.1) is 0 Å². The summed E-state index contributed by atoms with van der Waals surface area (Å²) >= 11 is 1.28. The normalized spacial score (nSPS) is 13.4. The van der Waals surface area contributed by atoms with E-state index < -0.39 is 25.1 Å². The first-order valence-electron chi connectivity index (χ1n) is 7.78. The van der Waals surface area contributed by atoms with Gasteiger partial charge in [-0.2, -0.15) is 0 Å². The molecule has 3 rings (SSSR count). The van der Waals surface area contributed by atoms with E-state index in [-0.39, 0.29) is 16.3 Å². The van der Waals surface area contributed by atoms with Crippen LogP contribution in [0.15, 0.2) is 88.0 Å². The van der Waals surface area contributed by atoms with Crippen LogP contribution in [0.4, 0.5) is 0 Å². The Labute approximate surface area is 157 Å². The smallest absolute Gasteiger partial charge is 0.223 e. The molecule has 1 N–H and O–H groups in total. The molecule has 1 unspecified atom stereocenters. The molecule has 0 aliphatic rings. The van der Waals surface area contributed by atoms with Crippen LogP contribution in [0.25, 0.3) is 0 Å². The van der Waals surface area contributed by atoms with Gasteiger partial charge in [-0.05, 0) is 35.7 Å².